The minimum absolute atomic E-state index is 0.0654. The molecule has 1 N–H and O–H groups in total. The second-order valence-electron chi connectivity index (χ2n) is 7.21. The van der Waals surface area contributed by atoms with E-state index < -0.39 is 0 Å². The Bertz CT molecular complexity index is 1040. The minimum atomic E-state index is -0.198. The fraction of sp³-hybridized carbons (Fsp3) is 0.286. The van der Waals surface area contributed by atoms with E-state index in [1.165, 1.54) is 4.31 Å². The number of hydrogen-bond donors (Lipinski definition) is 2. The van der Waals surface area contributed by atoms with Crippen LogP contribution in [0.15, 0.2) is 53.1 Å². The van der Waals surface area contributed by atoms with E-state index in [9.17, 15) is 4.79 Å². The molecule has 1 saturated heterocycles. The van der Waals surface area contributed by atoms with E-state index in [1.807, 2.05) is 43.3 Å². The summed E-state index contributed by atoms with van der Waals surface area (Å²) in [4.78, 5) is 14.9. The van der Waals surface area contributed by atoms with Crippen LogP contribution >= 0.6 is 28.7 Å². The van der Waals surface area contributed by atoms with Crippen molar-refractivity contribution in [3.63, 3.8) is 0 Å². The minimum Gasteiger partial charge on any atom is -0.354 e. The number of carbonyl (C=O) groups is 1. The van der Waals surface area contributed by atoms with Crippen molar-refractivity contribution in [2.75, 3.05) is 23.3 Å². The molecule has 2 amide bonds. The number of rotatable bonds is 3. The summed E-state index contributed by atoms with van der Waals surface area (Å²) in [6, 6.07) is 13.7. The Kier molecular flexibility index (Phi) is 5.91. The Balaban J connectivity index is 1.42. The highest BCUT2D eigenvalue weighted by Crippen LogP contribution is 2.29. The largest absolute Gasteiger partial charge is 0.354 e. The number of aryl methyl sites for hydroxylation is 1. The number of carbonyl (C=O) groups excluding carboxylic acids is 1. The van der Waals surface area contributed by atoms with Crippen LogP contribution in [0.4, 0.5) is 16.3 Å². The van der Waals surface area contributed by atoms with Gasteiger partial charge in [0.25, 0.3) is 0 Å². The normalized spacial score (nSPS) is 14.8. The second-order valence-corrected chi connectivity index (χ2v) is 8.55. The summed E-state index contributed by atoms with van der Waals surface area (Å²) in [5, 5.41) is 13.6. The molecule has 1 aromatic heterocycles. The van der Waals surface area contributed by atoms with Crippen LogP contribution in [0.2, 0.25) is 0 Å². The lowest BCUT2D eigenvalue weighted by Crippen LogP contribution is -2.45. The lowest BCUT2D eigenvalue weighted by atomic mass is 10.0. The maximum absolute atomic E-state index is 12.6. The molecule has 1 aliphatic rings. The molecule has 150 valence electrons. The number of nitrogens with one attached hydrogen (secondary N) is 1. The van der Waals surface area contributed by atoms with E-state index in [-0.39, 0.29) is 12.1 Å². The lowest BCUT2D eigenvalue weighted by molar-refractivity contribution is 0.223. The molecule has 2 heterocycles. The summed E-state index contributed by atoms with van der Waals surface area (Å²) in [5.41, 5.74) is 1.84. The molecule has 0 radical (unpaired) electrons. The third kappa shape index (κ3) is 4.33. The molecule has 1 fully saturated rings. The number of thiol groups is 1. The van der Waals surface area contributed by atoms with E-state index in [0.29, 0.717) is 0 Å². The van der Waals surface area contributed by atoms with Gasteiger partial charge in [-0.2, -0.15) is 5.10 Å². The lowest BCUT2D eigenvalue weighted by Gasteiger charge is -2.36. The van der Waals surface area contributed by atoms with Gasteiger partial charge in [-0.05, 0) is 49.6 Å². The van der Waals surface area contributed by atoms with Gasteiger partial charge in [-0.3, -0.25) is 4.31 Å². The number of piperidine rings is 1. The van der Waals surface area contributed by atoms with Crippen molar-refractivity contribution in [1.82, 2.24) is 14.5 Å². The zero-order valence-electron chi connectivity index (χ0n) is 16.0. The number of halogens is 1. The molecule has 0 aliphatic carbocycles. The van der Waals surface area contributed by atoms with E-state index >= 15 is 0 Å². The van der Waals surface area contributed by atoms with Gasteiger partial charge < -0.3 is 10.2 Å². The number of anilines is 2. The van der Waals surface area contributed by atoms with Crippen molar-refractivity contribution in [3.05, 3.63) is 58.7 Å². The quantitative estimate of drug-likeness (QED) is 0.524. The molecule has 0 atom stereocenters. The van der Waals surface area contributed by atoms with E-state index in [2.05, 4.69) is 55.2 Å². The van der Waals surface area contributed by atoms with Crippen LogP contribution in [0, 0.1) is 6.92 Å². The predicted molar refractivity (Wildman–Crippen MR) is 123 cm³/mol. The maximum Gasteiger partial charge on any atom is 0.331 e. The van der Waals surface area contributed by atoms with Crippen LogP contribution in [-0.4, -0.2) is 39.7 Å². The zero-order valence-corrected chi connectivity index (χ0v) is 18.5. The first-order valence-corrected chi connectivity index (χ1v) is 10.7. The Morgan fingerprint density at radius 3 is 2.76 bits per heavy atom. The highest BCUT2D eigenvalue weighted by Gasteiger charge is 2.28. The van der Waals surface area contributed by atoms with E-state index in [0.717, 1.165) is 58.2 Å². The summed E-state index contributed by atoms with van der Waals surface area (Å²) < 4.78 is 2.54. The van der Waals surface area contributed by atoms with Gasteiger partial charge in [0.1, 0.15) is 0 Å². The molecular weight excluding hydrogens is 450 g/mol. The highest BCUT2D eigenvalue weighted by atomic mass is 79.9. The smallest absolute Gasteiger partial charge is 0.331 e. The van der Waals surface area contributed by atoms with Crippen LogP contribution in [0.25, 0.3) is 10.8 Å². The van der Waals surface area contributed by atoms with E-state index in [1.54, 1.807) is 6.20 Å². The number of fused-ring (bicyclic) bond motifs is 1. The monoisotopic (exact) mass is 471 g/mol. The van der Waals surface area contributed by atoms with Crippen molar-refractivity contribution in [1.29, 1.82) is 0 Å². The van der Waals surface area contributed by atoms with Crippen molar-refractivity contribution >= 4 is 57.1 Å². The Morgan fingerprint density at radius 2 is 2.00 bits per heavy atom. The summed E-state index contributed by atoms with van der Waals surface area (Å²) in [7, 11) is 0. The van der Waals surface area contributed by atoms with E-state index in [4.69, 9.17) is 0 Å². The van der Waals surface area contributed by atoms with Crippen LogP contribution in [0.5, 0.6) is 0 Å². The molecule has 6 nitrogen and oxygen atoms in total. The van der Waals surface area contributed by atoms with Crippen molar-refractivity contribution in [3.8, 4) is 0 Å². The molecular formula is C21H22BrN5OS. The molecule has 2 aromatic carbocycles. The van der Waals surface area contributed by atoms with Gasteiger partial charge in [0.2, 0.25) is 0 Å². The number of benzene rings is 2. The van der Waals surface area contributed by atoms with Crippen molar-refractivity contribution in [2.45, 2.75) is 25.8 Å². The molecule has 1 aliphatic heterocycles. The molecule has 3 aromatic rings. The topological polar surface area (TPSA) is 61.4 Å². The molecule has 29 heavy (non-hydrogen) atoms. The summed E-state index contributed by atoms with van der Waals surface area (Å²) in [6.45, 7) is 3.56. The van der Waals surface area contributed by atoms with Gasteiger partial charge in [0.15, 0.2) is 5.82 Å². The molecule has 0 bridgehead atoms. The fourth-order valence-corrected chi connectivity index (χ4v) is 4.31. The van der Waals surface area contributed by atoms with Crippen LogP contribution in [-0.2, 0) is 0 Å². The van der Waals surface area contributed by atoms with Crippen LogP contribution in [0.3, 0.4) is 0 Å². The Morgan fingerprint density at radius 1 is 1.24 bits per heavy atom. The number of para-hydroxylation sites is 1. The first-order valence-electron chi connectivity index (χ1n) is 9.53. The zero-order chi connectivity index (χ0) is 20.4. The third-order valence-corrected chi connectivity index (χ3v) is 6.31. The SMILES string of the molecule is Cc1ccccc1NC(=O)N(S)C1CCN(c2nncc3cc(Br)ccc23)CC1. The first-order chi connectivity index (χ1) is 14.0. The number of hydrogen-bond acceptors (Lipinski definition) is 5. The molecule has 8 heteroatoms. The highest BCUT2D eigenvalue weighted by molar-refractivity contribution is 9.10. The summed E-state index contributed by atoms with van der Waals surface area (Å²) in [6.07, 6.45) is 3.42. The fourth-order valence-electron chi connectivity index (χ4n) is 3.65. The number of urea groups is 1. The predicted octanol–water partition coefficient (Wildman–Crippen LogP) is 5.05. The number of amides is 2. The standard InChI is InChI=1S/C21H22BrN5OS/c1-14-4-2-3-5-19(14)24-21(28)27(29)17-8-10-26(11-9-17)20-18-7-6-16(22)12-15(18)13-23-25-20/h2-7,12-13,17,29H,8-11H2,1H3,(H,24,28). The molecule has 4 rings (SSSR count). The molecule has 0 saturated carbocycles. The van der Waals surface area contributed by atoms with Gasteiger partial charge in [-0.1, -0.05) is 46.9 Å². The van der Waals surface area contributed by atoms with Crippen molar-refractivity contribution < 1.29 is 4.79 Å². The first kappa shape index (κ1) is 20.0. The maximum atomic E-state index is 12.6. The average Bonchev–Trinajstić information content (AvgIpc) is 2.74. The number of nitrogens with zero attached hydrogens (tertiary/aromatic N) is 4. The molecule has 0 unspecified atom stereocenters. The third-order valence-electron chi connectivity index (χ3n) is 5.31. The van der Waals surface area contributed by atoms with Crippen LogP contribution < -0.4 is 10.2 Å². The van der Waals surface area contributed by atoms with Gasteiger partial charge in [-0.15, -0.1) is 5.10 Å². The van der Waals surface area contributed by atoms with Gasteiger partial charge in [0.05, 0.1) is 6.20 Å². The average molecular weight is 472 g/mol. The summed E-state index contributed by atoms with van der Waals surface area (Å²) >= 11 is 7.99. The van der Waals surface area contributed by atoms with Gasteiger partial charge in [0, 0.05) is 40.1 Å². The molecule has 0 spiro atoms. The van der Waals surface area contributed by atoms with Crippen LogP contribution in [0.1, 0.15) is 18.4 Å². The van der Waals surface area contributed by atoms with Gasteiger partial charge in [-0.25, -0.2) is 4.79 Å². The Hall–Kier alpha value is -2.32. The number of aromatic nitrogens is 2. The second kappa shape index (κ2) is 8.59. The van der Waals surface area contributed by atoms with Crippen molar-refractivity contribution in [2.24, 2.45) is 0 Å². The van der Waals surface area contributed by atoms with Gasteiger partial charge >= 0.3 is 6.03 Å². The Labute approximate surface area is 184 Å². The summed E-state index contributed by atoms with van der Waals surface area (Å²) in [5.74, 6) is 0.892.